The van der Waals surface area contributed by atoms with E-state index >= 15 is 0 Å². The molecule has 2 heteroatoms. The summed E-state index contributed by atoms with van der Waals surface area (Å²) in [6.45, 7) is 4.53. The molecule has 0 heterocycles. The number of hydrogen-bond acceptors (Lipinski definition) is 0. The van der Waals surface area contributed by atoms with E-state index in [1.807, 2.05) is 0 Å². The van der Waals surface area contributed by atoms with Crippen LogP contribution in [0.1, 0.15) is 25.0 Å². The average Bonchev–Trinajstić information content (AvgIpc) is 2.31. The van der Waals surface area contributed by atoms with Crippen molar-refractivity contribution < 1.29 is 18.3 Å². The van der Waals surface area contributed by atoms with E-state index < -0.39 is 0 Å². The molecule has 0 N–H and O–H groups in total. The third-order valence-electron chi connectivity index (χ3n) is 3.05. The van der Waals surface area contributed by atoms with Gasteiger partial charge in [0.05, 0.1) is 0 Å². The van der Waals surface area contributed by atoms with Gasteiger partial charge in [0.1, 0.15) is 0 Å². The van der Waals surface area contributed by atoms with Crippen molar-refractivity contribution in [2.24, 2.45) is 0 Å². The van der Waals surface area contributed by atoms with Crippen LogP contribution in [-0.4, -0.2) is 0 Å². The summed E-state index contributed by atoms with van der Waals surface area (Å²) in [7, 11) is 0. The molecule has 0 aliphatic heterocycles. The summed E-state index contributed by atoms with van der Waals surface area (Å²) in [5, 5.41) is 0. The number of hydrogen-bond donors (Lipinski definition) is 0. The zero-order chi connectivity index (χ0) is 11.6. The average molecular weight is 333 g/mol. The van der Waals surface area contributed by atoms with E-state index in [0.717, 1.165) is 0 Å². The van der Waals surface area contributed by atoms with Crippen molar-refractivity contribution in [3.8, 4) is 0 Å². The minimum Gasteiger partial charge on any atom is -0.147 e. The van der Waals surface area contributed by atoms with Crippen molar-refractivity contribution in [1.82, 2.24) is 0 Å². The fraction of sp³-hybridized carbons (Fsp3) is 0.200. The standard InChI is InChI=1S/C15H15.ClH.Ru/c1-15(2,13-9-5-3-6-10-13)14-11-7-4-8-12-14;;/h3,5-12H,1-2H3;1H;. The van der Waals surface area contributed by atoms with Crippen molar-refractivity contribution in [2.45, 2.75) is 19.3 Å². The van der Waals surface area contributed by atoms with Gasteiger partial charge in [0.25, 0.3) is 0 Å². The zero-order valence-electron chi connectivity index (χ0n) is 9.96. The van der Waals surface area contributed by atoms with Crippen molar-refractivity contribution in [1.29, 1.82) is 0 Å². The van der Waals surface area contributed by atoms with Gasteiger partial charge in [-0.2, -0.15) is 0 Å². The molecule has 17 heavy (non-hydrogen) atoms. The maximum Gasteiger partial charge on any atom is -0.147 e. The summed E-state index contributed by atoms with van der Waals surface area (Å²) in [6, 6.07) is 19.4. The fourth-order valence-electron chi connectivity index (χ4n) is 1.88. The second kappa shape index (κ2) is 5.80. The van der Waals surface area contributed by atoms with E-state index in [0.29, 0.717) is 0 Å². The van der Waals surface area contributed by atoms with Gasteiger partial charge in [0.2, 0.25) is 0 Å². The van der Waals surface area contributed by atoms with Crippen LogP contribution in [0.15, 0.2) is 54.6 Å². The molecule has 0 unspecified atom stereocenters. The summed E-state index contributed by atoms with van der Waals surface area (Å²) < 4.78 is 1.24. The van der Waals surface area contributed by atoms with E-state index in [-0.39, 0.29) is 17.8 Å². The Labute approximate surface area is 120 Å². The largest absolute Gasteiger partial charge is 0.147 e. The summed E-state index contributed by atoms with van der Waals surface area (Å²) in [5.41, 5.74) is 2.78. The Kier molecular flexibility index (Phi) is 4.92. The van der Waals surface area contributed by atoms with E-state index in [1.165, 1.54) is 15.3 Å². The van der Waals surface area contributed by atoms with Crippen LogP contribution in [-0.2, 0) is 23.7 Å². The van der Waals surface area contributed by atoms with Crippen LogP contribution in [0, 0.1) is 0 Å². The smallest absolute Gasteiger partial charge is 0.147 e. The first-order valence-electron chi connectivity index (χ1n) is 5.41. The van der Waals surface area contributed by atoms with Crippen LogP contribution >= 0.6 is 12.4 Å². The van der Waals surface area contributed by atoms with Crippen molar-refractivity contribution in [2.75, 3.05) is 0 Å². The van der Waals surface area contributed by atoms with Crippen LogP contribution in [0.5, 0.6) is 0 Å². The van der Waals surface area contributed by atoms with Gasteiger partial charge in [-0.25, -0.2) is 0 Å². The molecule has 0 aliphatic rings. The predicted molar refractivity (Wildman–Crippen MR) is 71.9 cm³/mol. The minimum atomic E-state index is 0. The molecule has 0 aromatic heterocycles. The topological polar surface area (TPSA) is 0 Å². The second-order valence-corrected chi connectivity index (χ2v) is 5.49. The van der Waals surface area contributed by atoms with E-state index in [1.54, 1.807) is 0 Å². The Hall–Kier alpha value is -0.647. The Bertz CT molecular complexity index is 460. The molecule has 2 aromatic rings. The Morgan fingerprint density at radius 2 is 1.24 bits per heavy atom. The Balaban J connectivity index is 0.00000144. The third-order valence-corrected chi connectivity index (χ3v) is 3.63. The molecule has 0 spiro atoms. The van der Waals surface area contributed by atoms with Gasteiger partial charge in [-0.3, -0.25) is 0 Å². The van der Waals surface area contributed by atoms with Crippen LogP contribution in [0.25, 0.3) is 0 Å². The molecular formula is C15H16ClRu. The van der Waals surface area contributed by atoms with Crippen molar-refractivity contribution >= 4 is 16.6 Å². The zero-order valence-corrected chi connectivity index (χ0v) is 12.5. The van der Waals surface area contributed by atoms with Crippen LogP contribution in [0.4, 0.5) is 0 Å². The molecule has 0 amide bonds. The first kappa shape index (κ1) is 14.4. The molecule has 0 radical (unpaired) electrons. The monoisotopic (exact) mass is 333 g/mol. The third kappa shape index (κ3) is 3.18. The minimum absolute atomic E-state index is 0. The van der Waals surface area contributed by atoms with Gasteiger partial charge < -0.3 is 0 Å². The maximum atomic E-state index is 2.63. The molecule has 0 fully saturated rings. The first-order chi connectivity index (χ1) is 7.60. The molecule has 2 rings (SSSR count). The molecule has 91 valence electrons. The van der Waals surface area contributed by atoms with Gasteiger partial charge in [-0.1, -0.05) is 0 Å². The number of benzene rings is 2. The van der Waals surface area contributed by atoms with Gasteiger partial charge in [0, 0.05) is 0 Å². The maximum absolute atomic E-state index is 2.63. The van der Waals surface area contributed by atoms with Crippen molar-refractivity contribution in [3.05, 3.63) is 65.7 Å². The Morgan fingerprint density at radius 3 is 1.76 bits per heavy atom. The second-order valence-electron chi connectivity index (χ2n) is 4.48. The summed E-state index contributed by atoms with van der Waals surface area (Å²) >= 11 is 2.63. The normalized spacial score (nSPS) is 10.8. The molecule has 0 nitrogen and oxygen atoms in total. The molecule has 0 bridgehead atoms. The number of halogens is 1. The Morgan fingerprint density at radius 1 is 0.765 bits per heavy atom. The SMILES string of the molecule is CC(C)(c1ccccc1)c1cc[c]([Ru])cc1.Cl. The van der Waals surface area contributed by atoms with Crippen LogP contribution in [0.3, 0.4) is 0 Å². The number of rotatable bonds is 2. The van der Waals surface area contributed by atoms with E-state index in [2.05, 4.69) is 86.7 Å². The van der Waals surface area contributed by atoms with Crippen LogP contribution in [0.2, 0.25) is 0 Å². The van der Waals surface area contributed by atoms with Gasteiger partial charge in [0.15, 0.2) is 0 Å². The van der Waals surface area contributed by atoms with Gasteiger partial charge >= 0.3 is 107 Å². The summed E-state index contributed by atoms with van der Waals surface area (Å²) in [4.78, 5) is 0. The van der Waals surface area contributed by atoms with Crippen molar-refractivity contribution in [3.63, 3.8) is 0 Å². The predicted octanol–water partition coefficient (Wildman–Crippen LogP) is 3.61. The summed E-state index contributed by atoms with van der Waals surface area (Å²) in [6.07, 6.45) is 0. The van der Waals surface area contributed by atoms with E-state index in [4.69, 9.17) is 0 Å². The van der Waals surface area contributed by atoms with E-state index in [9.17, 15) is 0 Å². The van der Waals surface area contributed by atoms with Crippen LogP contribution < -0.4 is 4.16 Å². The molecule has 0 saturated carbocycles. The quantitative estimate of drug-likeness (QED) is 0.737. The summed E-state index contributed by atoms with van der Waals surface area (Å²) in [5.74, 6) is 0. The molecule has 0 saturated heterocycles. The fourth-order valence-corrected chi connectivity index (χ4v) is 2.17. The first-order valence-corrected chi connectivity index (χ1v) is 6.28. The molecule has 2 aromatic carbocycles. The van der Waals surface area contributed by atoms with Gasteiger partial charge in [-0.15, -0.1) is 12.4 Å². The molecular weight excluding hydrogens is 317 g/mol. The van der Waals surface area contributed by atoms with Gasteiger partial charge in [-0.05, 0) is 0 Å². The molecule has 0 aliphatic carbocycles. The molecule has 0 atom stereocenters.